The number of carbonyl (C=O) groups is 2. The third-order valence-electron chi connectivity index (χ3n) is 6.03. The van der Waals surface area contributed by atoms with Crippen LogP contribution in [0.5, 0.6) is 5.75 Å². The smallest absolute Gasteiger partial charge is 0.410 e. The lowest BCUT2D eigenvalue weighted by Gasteiger charge is -2.11. The number of methoxy groups -OCH3 is 1. The lowest BCUT2D eigenvalue weighted by Crippen LogP contribution is -2.17. The Labute approximate surface area is 212 Å². The predicted molar refractivity (Wildman–Crippen MR) is 140 cm³/mol. The first-order valence-corrected chi connectivity index (χ1v) is 12.4. The number of alkyl carbamates (subject to hydrolysis) is 1. The van der Waals surface area contributed by atoms with Crippen molar-refractivity contribution in [2.24, 2.45) is 0 Å². The molecular weight excluding hydrogens is 458 g/mol. The van der Waals surface area contributed by atoms with Crippen molar-refractivity contribution in [3.8, 4) is 5.75 Å². The topological polar surface area (TPSA) is 106 Å². The number of benzene rings is 1. The van der Waals surface area contributed by atoms with Crippen LogP contribution in [0.3, 0.4) is 0 Å². The normalized spacial score (nSPS) is 12.5. The molecule has 1 heterocycles. The van der Waals surface area contributed by atoms with Gasteiger partial charge in [0.1, 0.15) is 17.1 Å². The summed E-state index contributed by atoms with van der Waals surface area (Å²) in [7, 11) is 1.28. The first kappa shape index (κ1) is 28.6. The molecule has 0 bridgehead atoms. The summed E-state index contributed by atoms with van der Waals surface area (Å²) >= 11 is 0. The fourth-order valence-corrected chi connectivity index (χ4v) is 3.69. The molecule has 7 nitrogen and oxygen atoms in total. The van der Waals surface area contributed by atoms with Crippen molar-refractivity contribution in [2.45, 2.75) is 71.6 Å². The van der Waals surface area contributed by atoms with Crippen molar-refractivity contribution in [1.29, 1.82) is 0 Å². The van der Waals surface area contributed by atoms with E-state index in [1.807, 2.05) is 6.92 Å². The number of amides is 1. The van der Waals surface area contributed by atoms with Gasteiger partial charge in [-0.15, -0.1) is 0 Å². The summed E-state index contributed by atoms with van der Waals surface area (Å²) in [6.45, 7) is 5.67. The molecule has 0 saturated heterocycles. The maximum absolute atomic E-state index is 12.9. The van der Waals surface area contributed by atoms with Crippen molar-refractivity contribution in [1.82, 2.24) is 5.32 Å². The van der Waals surface area contributed by atoms with Gasteiger partial charge >= 0.3 is 11.7 Å². The molecule has 2 aromatic rings. The van der Waals surface area contributed by atoms with E-state index in [9.17, 15) is 19.5 Å². The van der Waals surface area contributed by atoms with E-state index in [1.165, 1.54) is 44.2 Å². The second kappa shape index (κ2) is 14.7. The Morgan fingerprint density at radius 3 is 2.50 bits per heavy atom. The number of hydrogen-bond donors (Lipinski definition) is 2. The largest absolute Gasteiger partial charge is 0.507 e. The molecule has 1 unspecified atom stereocenters. The van der Waals surface area contributed by atoms with Gasteiger partial charge in [0.2, 0.25) is 0 Å². The number of ketones is 1. The van der Waals surface area contributed by atoms with Crippen LogP contribution in [-0.4, -0.2) is 24.1 Å². The maximum Gasteiger partial charge on any atom is 0.410 e. The predicted octanol–water partition coefficient (Wildman–Crippen LogP) is 6.20. The molecule has 1 atom stereocenters. The Hall–Kier alpha value is -3.61. The Morgan fingerprint density at radius 2 is 1.86 bits per heavy atom. The van der Waals surface area contributed by atoms with Crippen LogP contribution in [0.25, 0.3) is 0 Å². The van der Waals surface area contributed by atoms with Gasteiger partial charge in [0.25, 0.3) is 0 Å². The molecule has 0 spiro atoms. The van der Waals surface area contributed by atoms with Gasteiger partial charge in [-0.25, -0.2) is 9.59 Å². The summed E-state index contributed by atoms with van der Waals surface area (Å²) in [6.07, 6.45) is 10.8. The molecule has 0 aliphatic carbocycles. The van der Waals surface area contributed by atoms with Crippen molar-refractivity contribution in [2.75, 3.05) is 7.11 Å². The van der Waals surface area contributed by atoms with E-state index in [4.69, 9.17) is 4.42 Å². The van der Waals surface area contributed by atoms with Crippen molar-refractivity contribution < 1.29 is 23.8 Å². The zero-order valence-electron chi connectivity index (χ0n) is 21.6. The molecule has 0 saturated carbocycles. The van der Waals surface area contributed by atoms with Crippen LogP contribution in [0, 0.1) is 0 Å². The number of aryl methyl sites for hydroxylation is 1. The quantitative estimate of drug-likeness (QED) is 0.195. The zero-order chi connectivity index (χ0) is 26.5. The first-order valence-electron chi connectivity index (χ1n) is 12.4. The monoisotopic (exact) mass is 495 g/mol. The van der Waals surface area contributed by atoms with Gasteiger partial charge in [-0.2, -0.15) is 0 Å². The molecule has 0 radical (unpaired) electrons. The van der Waals surface area contributed by atoms with E-state index >= 15 is 0 Å². The first-order chi connectivity index (χ1) is 17.3. The highest BCUT2D eigenvalue weighted by molar-refractivity contribution is 6.09. The summed E-state index contributed by atoms with van der Waals surface area (Å²) in [5.74, 6) is -0.820. The average molecular weight is 496 g/mol. The number of aromatic hydroxyl groups is 1. The van der Waals surface area contributed by atoms with Crippen LogP contribution in [-0.2, 0) is 17.6 Å². The molecule has 194 valence electrons. The van der Waals surface area contributed by atoms with Crippen LogP contribution in [0.2, 0.25) is 0 Å². The van der Waals surface area contributed by atoms with Crippen LogP contribution in [0.15, 0.2) is 63.5 Å². The van der Waals surface area contributed by atoms with Gasteiger partial charge in [-0.1, -0.05) is 63.1 Å². The molecule has 2 rings (SSSR count). The molecule has 0 aliphatic rings. The van der Waals surface area contributed by atoms with Gasteiger partial charge in [0.15, 0.2) is 5.78 Å². The molecule has 1 aromatic heterocycles. The number of unbranched alkanes of at least 4 members (excludes halogenated alkanes) is 2. The Balaban J connectivity index is 2.01. The Kier molecular flexibility index (Phi) is 11.7. The van der Waals surface area contributed by atoms with Crippen molar-refractivity contribution in [3.05, 3.63) is 87.1 Å². The summed E-state index contributed by atoms with van der Waals surface area (Å²) in [5, 5.41) is 12.9. The van der Waals surface area contributed by atoms with E-state index < -0.39 is 17.5 Å². The number of rotatable bonds is 13. The molecule has 1 amide bonds. The van der Waals surface area contributed by atoms with Gasteiger partial charge in [-0.3, -0.25) is 10.1 Å². The highest BCUT2D eigenvalue weighted by atomic mass is 16.5. The highest BCUT2D eigenvalue weighted by Crippen LogP contribution is 2.26. The number of hydrogen-bond acceptors (Lipinski definition) is 6. The zero-order valence-corrected chi connectivity index (χ0v) is 21.6. The van der Waals surface area contributed by atoms with Crippen molar-refractivity contribution in [3.63, 3.8) is 0 Å². The minimum atomic E-state index is -0.853. The van der Waals surface area contributed by atoms with Gasteiger partial charge in [-0.05, 0) is 55.7 Å². The van der Waals surface area contributed by atoms with E-state index in [0.717, 1.165) is 12.0 Å². The van der Waals surface area contributed by atoms with Crippen LogP contribution in [0.4, 0.5) is 4.79 Å². The van der Waals surface area contributed by atoms with E-state index in [1.54, 1.807) is 19.1 Å². The van der Waals surface area contributed by atoms with Crippen LogP contribution in [0.1, 0.15) is 86.0 Å². The van der Waals surface area contributed by atoms with E-state index in [-0.39, 0.29) is 17.2 Å². The van der Waals surface area contributed by atoms with Gasteiger partial charge < -0.3 is 14.3 Å². The van der Waals surface area contributed by atoms with Gasteiger partial charge in [0.05, 0.1) is 7.11 Å². The molecule has 2 N–H and O–H groups in total. The summed E-state index contributed by atoms with van der Waals surface area (Å²) in [5.41, 5.74) is 1.53. The molecular formula is C29H37NO6. The molecule has 7 heteroatoms. The lowest BCUT2D eigenvalue weighted by molar-refractivity contribution is 0.102. The highest BCUT2D eigenvalue weighted by Gasteiger charge is 2.22. The number of Topliss-reactive ketones (excluding diaryl/α,β-unsaturated/α-hetero) is 1. The number of nitrogens with one attached hydrogen (secondary N) is 1. The number of carbonyl (C=O) groups excluding carboxylic acids is 2. The number of ether oxygens (including phenoxy) is 1. The Bertz CT molecular complexity index is 1130. The summed E-state index contributed by atoms with van der Waals surface area (Å²) < 4.78 is 9.84. The maximum atomic E-state index is 12.9. The summed E-state index contributed by atoms with van der Waals surface area (Å²) in [4.78, 5) is 36.4. The molecule has 0 aliphatic heterocycles. The third-order valence-corrected chi connectivity index (χ3v) is 6.03. The fourth-order valence-electron chi connectivity index (χ4n) is 3.69. The average Bonchev–Trinajstić information content (AvgIpc) is 2.87. The van der Waals surface area contributed by atoms with E-state index in [2.05, 4.69) is 41.2 Å². The van der Waals surface area contributed by atoms with E-state index in [0.29, 0.717) is 30.6 Å². The second-order valence-electron chi connectivity index (χ2n) is 8.91. The molecule has 1 aromatic carbocycles. The summed E-state index contributed by atoms with van der Waals surface area (Å²) in [6, 6.07) is 9.67. The number of allylic oxidation sites excluding steroid dienone is 3. The fraction of sp³-hybridized carbons (Fsp3) is 0.414. The van der Waals surface area contributed by atoms with Crippen molar-refractivity contribution >= 4 is 11.9 Å². The second-order valence-corrected chi connectivity index (χ2v) is 8.91. The SMILES string of the molecule is CCCCCc1ccc(C/C=C(/C)C(=O)c2c(O)cc(C(C)CC/C=C/NC(=O)OC)oc2=O)cc1. The van der Waals surface area contributed by atoms with Gasteiger partial charge in [0, 0.05) is 18.2 Å². The minimum Gasteiger partial charge on any atom is -0.507 e. The molecule has 0 fully saturated rings. The molecule has 36 heavy (non-hydrogen) atoms. The third kappa shape index (κ3) is 8.87. The van der Waals surface area contributed by atoms with Crippen LogP contribution < -0.4 is 10.9 Å². The standard InChI is InChI=1S/C29H37NO6/c1-5-6-7-11-22-14-16-23(17-15-22)13-12-21(3)27(32)26-24(31)19-25(36-28(26)33)20(2)10-8-9-18-30-29(34)35-4/h9,12,14-20,31H,5-8,10-11,13H2,1-4H3,(H,30,34)/b18-9+,21-12-. The lowest BCUT2D eigenvalue weighted by atomic mass is 9.99. The minimum absolute atomic E-state index is 0.183. The Morgan fingerprint density at radius 1 is 1.17 bits per heavy atom. The van der Waals surface area contributed by atoms with Crippen LogP contribution >= 0.6 is 0 Å².